The molecular formula is C11H22N4O2. The van der Waals surface area contributed by atoms with Crippen molar-refractivity contribution in [2.45, 2.75) is 18.9 Å². The van der Waals surface area contributed by atoms with E-state index in [-0.39, 0.29) is 11.9 Å². The summed E-state index contributed by atoms with van der Waals surface area (Å²) in [6.07, 6.45) is 1.25. The second kappa shape index (κ2) is 6.30. The zero-order chi connectivity index (χ0) is 12.1. The van der Waals surface area contributed by atoms with Gasteiger partial charge in [-0.05, 0) is 6.42 Å². The molecule has 2 fully saturated rings. The highest BCUT2D eigenvalue weighted by Crippen LogP contribution is 2.16. The molecule has 2 aliphatic heterocycles. The van der Waals surface area contributed by atoms with Gasteiger partial charge >= 0.3 is 0 Å². The predicted molar refractivity (Wildman–Crippen MR) is 63.8 cm³/mol. The SMILES string of the molecule is O=C1CCC(CN2CCNCCNCC2)N1O. The second-order valence-corrected chi connectivity index (χ2v) is 4.73. The van der Waals surface area contributed by atoms with Gasteiger partial charge in [0.05, 0.1) is 6.04 Å². The molecule has 0 aliphatic carbocycles. The Morgan fingerprint density at radius 2 is 1.82 bits per heavy atom. The number of hydrogen-bond acceptors (Lipinski definition) is 5. The molecule has 0 aromatic carbocycles. The molecule has 0 radical (unpaired) electrons. The Hall–Kier alpha value is -0.690. The van der Waals surface area contributed by atoms with Crippen LogP contribution in [0.3, 0.4) is 0 Å². The summed E-state index contributed by atoms with van der Waals surface area (Å²) in [5.74, 6) is -0.143. The van der Waals surface area contributed by atoms with E-state index in [0.29, 0.717) is 6.42 Å². The normalized spacial score (nSPS) is 28.9. The fraction of sp³-hybridized carbons (Fsp3) is 0.909. The standard InChI is InChI=1S/C11H22N4O2/c16-11-2-1-10(15(11)17)9-14-7-5-12-3-4-13-6-8-14/h10,12-13,17H,1-9H2. The van der Waals surface area contributed by atoms with Crippen molar-refractivity contribution in [2.24, 2.45) is 0 Å². The van der Waals surface area contributed by atoms with Crippen molar-refractivity contribution in [2.75, 3.05) is 45.8 Å². The van der Waals surface area contributed by atoms with Crippen LogP contribution in [0.5, 0.6) is 0 Å². The topological polar surface area (TPSA) is 67.8 Å². The highest BCUT2D eigenvalue weighted by molar-refractivity contribution is 5.77. The Balaban J connectivity index is 1.81. The van der Waals surface area contributed by atoms with Crippen LogP contribution in [-0.4, -0.2) is 72.9 Å². The lowest BCUT2D eigenvalue weighted by molar-refractivity contribution is -0.166. The molecule has 2 aliphatic rings. The van der Waals surface area contributed by atoms with Gasteiger partial charge in [-0.25, -0.2) is 5.06 Å². The molecule has 1 unspecified atom stereocenters. The van der Waals surface area contributed by atoms with Crippen molar-refractivity contribution in [3.8, 4) is 0 Å². The van der Waals surface area contributed by atoms with E-state index in [0.717, 1.165) is 57.3 Å². The lowest BCUT2D eigenvalue weighted by Gasteiger charge is -2.27. The zero-order valence-electron chi connectivity index (χ0n) is 10.2. The largest absolute Gasteiger partial charge is 0.314 e. The fourth-order valence-corrected chi connectivity index (χ4v) is 2.39. The van der Waals surface area contributed by atoms with Crippen LogP contribution in [0.15, 0.2) is 0 Å². The lowest BCUT2D eigenvalue weighted by Crippen LogP contribution is -2.43. The first kappa shape index (κ1) is 12.8. The van der Waals surface area contributed by atoms with Crippen molar-refractivity contribution in [3.05, 3.63) is 0 Å². The highest BCUT2D eigenvalue weighted by Gasteiger charge is 2.31. The fourth-order valence-electron chi connectivity index (χ4n) is 2.39. The van der Waals surface area contributed by atoms with Gasteiger partial charge in [0, 0.05) is 52.2 Å². The molecule has 2 rings (SSSR count). The second-order valence-electron chi connectivity index (χ2n) is 4.73. The van der Waals surface area contributed by atoms with Gasteiger partial charge in [-0.1, -0.05) is 0 Å². The van der Waals surface area contributed by atoms with Gasteiger partial charge in [0.15, 0.2) is 0 Å². The molecule has 2 saturated heterocycles. The number of amides is 1. The van der Waals surface area contributed by atoms with Crippen LogP contribution in [0.2, 0.25) is 0 Å². The van der Waals surface area contributed by atoms with Gasteiger partial charge in [-0.2, -0.15) is 0 Å². The molecule has 2 heterocycles. The summed E-state index contributed by atoms with van der Waals surface area (Å²) in [6.45, 7) is 6.65. The average Bonchev–Trinajstić information content (AvgIpc) is 2.70. The Morgan fingerprint density at radius 3 is 2.35 bits per heavy atom. The third kappa shape index (κ3) is 3.64. The maximum atomic E-state index is 11.2. The number of carbonyl (C=O) groups is 1. The van der Waals surface area contributed by atoms with Gasteiger partial charge in [-0.3, -0.25) is 14.9 Å². The number of carbonyl (C=O) groups excluding carboxylic acids is 1. The molecule has 6 nitrogen and oxygen atoms in total. The summed E-state index contributed by atoms with van der Waals surface area (Å²) in [5, 5.41) is 17.2. The number of hydrogen-bond donors (Lipinski definition) is 3. The first-order chi connectivity index (χ1) is 8.27. The number of nitrogens with one attached hydrogen (secondary N) is 2. The van der Waals surface area contributed by atoms with E-state index in [4.69, 9.17) is 0 Å². The van der Waals surface area contributed by atoms with Gasteiger partial charge in [-0.15, -0.1) is 0 Å². The smallest absolute Gasteiger partial charge is 0.246 e. The first-order valence-electron chi connectivity index (χ1n) is 6.42. The molecule has 0 bridgehead atoms. The molecule has 0 saturated carbocycles. The van der Waals surface area contributed by atoms with E-state index < -0.39 is 0 Å². The van der Waals surface area contributed by atoms with E-state index >= 15 is 0 Å². The van der Waals surface area contributed by atoms with Crippen molar-refractivity contribution < 1.29 is 10.0 Å². The van der Waals surface area contributed by atoms with Crippen LogP contribution < -0.4 is 10.6 Å². The summed E-state index contributed by atoms with van der Waals surface area (Å²) < 4.78 is 0. The summed E-state index contributed by atoms with van der Waals surface area (Å²) >= 11 is 0. The van der Waals surface area contributed by atoms with Crippen LogP contribution in [0.25, 0.3) is 0 Å². The Labute approximate surface area is 102 Å². The van der Waals surface area contributed by atoms with E-state index in [9.17, 15) is 10.0 Å². The monoisotopic (exact) mass is 242 g/mol. The molecule has 0 aromatic rings. The van der Waals surface area contributed by atoms with Crippen molar-refractivity contribution in [1.29, 1.82) is 0 Å². The molecule has 1 atom stereocenters. The lowest BCUT2D eigenvalue weighted by atomic mass is 10.2. The Kier molecular flexibility index (Phi) is 4.73. The Bertz CT molecular complexity index is 252. The number of hydroxylamine groups is 2. The molecule has 3 N–H and O–H groups in total. The van der Waals surface area contributed by atoms with Crippen LogP contribution in [-0.2, 0) is 4.79 Å². The van der Waals surface area contributed by atoms with Crippen LogP contribution in [0.1, 0.15) is 12.8 Å². The molecule has 0 aromatic heterocycles. The van der Waals surface area contributed by atoms with E-state index in [2.05, 4.69) is 15.5 Å². The van der Waals surface area contributed by atoms with Gasteiger partial charge in [0.1, 0.15) is 0 Å². The highest BCUT2D eigenvalue weighted by atomic mass is 16.5. The van der Waals surface area contributed by atoms with Crippen molar-refractivity contribution in [1.82, 2.24) is 20.6 Å². The van der Waals surface area contributed by atoms with Crippen molar-refractivity contribution in [3.63, 3.8) is 0 Å². The van der Waals surface area contributed by atoms with E-state index in [1.54, 1.807) is 0 Å². The molecule has 1 amide bonds. The quantitative estimate of drug-likeness (QED) is 0.534. The Morgan fingerprint density at radius 1 is 1.18 bits per heavy atom. The maximum Gasteiger partial charge on any atom is 0.246 e. The third-order valence-electron chi connectivity index (χ3n) is 3.45. The molecular weight excluding hydrogens is 220 g/mol. The summed E-state index contributed by atoms with van der Waals surface area (Å²) in [4.78, 5) is 13.5. The minimum Gasteiger partial charge on any atom is -0.314 e. The molecule has 17 heavy (non-hydrogen) atoms. The molecule has 98 valence electrons. The molecule has 0 spiro atoms. The van der Waals surface area contributed by atoms with E-state index in [1.165, 1.54) is 0 Å². The number of nitrogens with zero attached hydrogens (tertiary/aromatic N) is 2. The van der Waals surface area contributed by atoms with Crippen molar-refractivity contribution >= 4 is 5.91 Å². The van der Waals surface area contributed by atoms with Crippen LogP contribution >= 0.6 is 0 Å². The third-order valence-corrected chi connectivity index (χ3v) is 3.45. The minimum absolute atomic E-state index is 0.0248. The maximum absolute atomic E-state index is 11.2. The van der Waals surface area contributed by atoms with Crippen LogP contribution in [0.4, 0.5) is 0 Å². The first-order valence-corrected chi connectivity index (χ1v) is 6.42. The van der Waals surface area contributed by atoms with Gasteiger partial charge in [0.2, 0.25) is 5.91 Å². The number of rotatable bonds is 2. The van der Waals surface area contributed by atoms with Gasteiger partial charge < -0.3 is 10.6 Å². The zero-order valence-corrected chi connectivity index (χ0v) is 10.2. The summed E-state index contributed by atoms with van der Waals surface area (Å²) in [5.41, 5.74) is 0. The van der Waals surface area contributed by atoms with E-state index in [1.807, 2.05) is 0 Å². The molecule has 6 heteroatoms. The summed E-state index contributed by atoms with van der Waals surface area (Å²) in [7, 11) is 0. The minimum atomic E-state index is -0.143. The predicted octanol–water partition coefficient (Wildman–Crippen LogP) is -1.14. The summed E-state index contributed by atoms with van der Waals surface area (Å²) in [6, 6.07) is -0.0248. The average molecular weight is 242 g/mol. The van der Waals surface area contributed by atoms with Crippen LogP contribution in [0, 0.1) is 0 Å². The van der Waals surface area contributed by atoms with Gasteiger partial charge in [0.25, 0.3) is 0 Å².